The van der Waals surface area contributed by atoms with E-state index in [1.807, 2.05) is 24.3 Å². The van der Waals surface area contributed by atoms with Crippen LogP contribution >= 0.6 is 12.2 Å². The molecule has 0 saturated carbocycles. The number of rotatable bonds is 5. The summed E-state index contributed by atoms with van der Waals surface area (Å²) < 4.78 is 6.91. The molecule has 0 aliphatic heterocycles. The highest BCUT2D eigenvalue weighted by atomic mass is 32.1. The first-order valence-corrected chi connectivity index (χ1v) is 8.33. The third-order valence-corrected chi connectivity index (χ3v) is 4.04. The molecule has 0 aliphatic carbocycles. The maximum Gasteiger partial charge on any atom is 0.345 e. The monoisotopic (exact) mass is 375 g/mol. The van der Waals surface area contributed by atoms with Crippen LogP contribution in [-0.2, 0) is 6.54 Å². The molecule has 0 spiro atoms. The lowest BCUT2D eigenvalue weighted by Crippen LogP contribution is -2.10. The fraction of sp³-hybridized carbons (Fsp3) is 0.105. The summed E-state index contributed by atoms with van der Waals surface area (Å²) >= 11 is 4.88. The molecule has 0 aliphatic rings. The molecule has 0 fully saturated rings. The van der Waals surface area contributed by atoms with E-state index in [9.17, 15) is 10.1 Å². The first-order valence-electron chi connectivity index (χ1n) is 7.92. The summed E-state index contributed by atoms with van der Waals surface area (Å²) in [5.74, 6) is 0. The smallest absolute Gasteiger partial charge is 0.345 e. The summed E-state index contributed by atoms with van der Waals surface area (Å²) in [7, 11) is 0. The Morgan fingerprint density at radius 2 is 2.15 bits per heavy atom. The van der Waals surface area contributed by atoms with Gasteiger partial charge in [0.05, 0.1) is 30.2 Å². The van der Waals surface area contributed by atoms with Gasteiger partial charge in [0.25, 0.3) is 0 Å². The van der Waals surface area contributed by atoms with E-state index in [0.717, 1.165) is 5.39 Å². The van der Waals surface area contributed by atoms with Gasteiger partial charge in [0.1, 0.15) is 22.3 Å². The fourth-order valence-electron chi connectivity index (χ4n) is 2.57. The molecule has 1 aromatic carbocycles. The fourth-order valence-corrected chi connectivity index (χ4v) is 2.68. The van der Waals surface area contributed by atoms with Gasteiger partial charge in [-0.15, -0.1) is 0 Å². The minimum atomic E-state index is -0.553. The molecule has 0 radical (unpaired) electrons. The molecule has 3 rings (SSSR count). The highest BCUT2D eigenvalue weighted by Gasteiger charge is 2.16. The van der Waals surface area contributed by atoms with E-state index in [-0.39, 0.29) is 22.5 Å². The Kier molecular flexibility index (Phi) is 5.11. The minimum absolute atomic E-state index is 0.0567. The summed E-state index contributed by atoms with van der Waals surface area (Å²) in [6, 6.07) is 12.8. The van der Waals surface area contributed by atoms with Crippen molar-refractivity contribution in [3.63, 3.8) is 0 Å². The average Bonchev–Trinajstić information content (AvgIpc) is 3.06. The second-order valence-corrected chi connectivity index (χ2v) is 6.06. The third-order valence-electron chi connectivity index (χ3n) is 3.82. The molecule has 0 saturated heterocycles. The van der Waals surface area contributed by atoms with Crippen molar-refractivity contribution >= 4 is 34.3 Å². The van der Waals surface area contributed by atoms with E-state index >= 15 is 0 Å². The van der Waals surface area contributed by atoms with Crippen LogP contribution in [0.2, 0.25) is 0 Å². The number of thiocarbonyl (C=S) groups is 1. The van der Waals surface area contributed by atoms with Crippen LogP contribution in [-0.4, -0.2) is 14.8 Å². The van der Waals surface area contributed by atoms with Crippen molar-refractivity contribution in [2.45, 2.75) is 13.0 Å². The van der Waals surface area contributed by atoms with Crippen molar-refractivity contribution in [1.29, 1.82) is 10.5 Å². The van der Waals surface area contributed by atoms with Crippen molar-refractivity contribution in [3.8, 4) is 23.4 Å². The van der Waals surface area contributed by atoms with Gasteiger partial charge in [-0.2, -0.15) is 15.6 Å². The van der Waals surface area contributed by atoms with Crippen molar-refractivity contribution in [2.75, 3.05) is 0 Å². The van der Waals surface area contributed by atoms with E-state index in [2.05, 4.69) is 5.10 Å². The molecule has 132 valence electrons. The number of aryl methyl sites for hydroxylation is 1. The highest BCUT2D eigenvalue weighted by molar-refractivity contribution is 7.80. The Balaban J connectivity index is 2.22. The van der Waals surface area contributed by atoms with Gasteiger partial charge < -0.3 is 10.2 Å². The van der Waals surface area contributed by atoms with Gasteiger partial charge in [-0.1, -0.05) is 30.4 Å². The number of aromatic nitrogens is 2. The maximum absolute atomic E-state index is 12.5. The van der Waals surface area contributed by atoms with Crippen LogP contribution in [0.25, 0.3) is 28.3 Å². The van der Waals surface area contributed by atoms with Crippen LogP contribution in [0.5, 0.6) is 0 Å². The average molecular weight is 375 g/mol. The van der Waals surface area contributed by atoms with Crippen LogP contribution in [0.3, 0.4) is 0 Å². The van der Waals surface area contributed by atoms with E-state index in [0.29, 0.717) is 23.4 Å². The standard InChI is InChI=1S/C19H13N5O2S/c20-6-3-7-24-11-14(8-13(10-21)18(22)27)17(23-24)15-9-12-4-1-2-5-16(12)26-19(15)25/h1-2,4-5,8-9,11H,3,7H2,(H2,22,27). The lowest BCUT2D eigenvalue weighted by atomic mass is 10.1. The molecule has 2 heterocycles. The van der Waals surface area contributed by atoms with Crippen LogP contribution in [0, 0.1) is 22.7 Å². The molecule has 0 amide bonds. The van der Waals surface area contributed by atoms with E-state index < -0.39 is 5.63 Å². The summed E-state index contributed by atoms with van der Waals surface area (Å²) in [6.07, 6.45) is 3.36. The number of hydrogen-bond acceptors (Lipinski definition) is 6. The zero-order valence-electron chi connectivity index (χ0n) is 14.0. The predicted octanol–water partition coefficient (Wildman–Crippen LogP) is 2.76. The Labute approximate surface area is 159 Å². The SMILES string of the molecule is N#CCCn1cc(C=C(C#N)C(N)=S)c(-c2cc3ccccc3oc2=O)n1. The molecule has 2 aromatic heterocycles. The van der Waals surface area contributed by atoms with Crippen molar-refractivity contribution in [2.24, 2.45) is 5.73 Å². The van der Waals surface area contributed by atoms with Crippen LogP contribution < -0.4 is 11.4 Å². The van der Waals surface area contributed by atoms with Gasteiger partial charge in [-0.3, -0.25) is 4.68 Å². The molecular weight excluding hydrogens is 362 g/mol. The number of fused-ring (bicyclic) bond motifs is 1. The number of hydrogen-bond donors (Lipinski definition) is 1. The molecule has 2 N–H and O–H groups in total. The summed E-state index contributed by atoms with van der Waals surface area (Å²) in [4.78, 5) is 12.4. The van der Waals surface area contributed by atoms with E-state index in [4.69, 9.17) is 27.6 Å². The van der Waals surface area contributed by atoms with Gasteiger partial charge in [0.2, 0.25) is 0 Å². The number of nitrogens with zero attached hydrogens (tertiary/aromatic N) is 4. The molecule has 0 bridgehead atoms. The van der Waals surface area contributed by atoms with Gasteiger partial charge in [-0.25, -0.2) is 4.79 Å². The van der Waals surface area contributed by atoms with Crippen LogP contribution in [0.15, 0.2) is 51.3 Å². The number of benzene rings is 1. The lowest BCUT2D eigenvalue weighted by molar-refractivity contribution is 0.562. The summed E-state index contributed by atoms with van der Waals surface area (Å²) in [5.41, 5.74) is 6.63. The number of nitriles is 2. The first-order chi connectivity index (χ1) is 13.0. The van der Waals surface area contributed by atoms with Gasteiger partial charge in [0.15, 0.2) is 0 Å². The second-order valence-electron chi connectivity index (χ2n) is 5.62. The molecule has 7 nitrogen and oxygen atoms in total. The molecular formula is C19H13N5O2S. The Bertz CT molecular complexity index is 1210. The largest absolute Gasteiger partial charge is 0.422 e. The molecule has 3 aromatic rings. The Morgan fingerprint density at radius 1 is 1.37 bits per heavy atom. The van der Waals surface area contributed by atoms with Gasteiger partial charge in [-0.05, 0) is 18.2 Å². The molecule has 8 heteroatoms. The van der Waals surface area contributed by atoms with Crippen molar-refractivity contribution in [1.82, 2.24) is 9.78 Å². The third kappa shape index (κ3) is 3.76. The normalized spacial score (nSPS) is 11.1. The maximum atomic E-state index is 12.5. The Morgan fingerprint density at radius 3 is 2.85 bits per heavy atom. The summed E-state index contributed by atoms with van der Waals surface area (Å²) in [5, 5.41) is 23.2. The number of nitrogens with two attached hydrogens (primary N) is 1. The molecule has 27 heavy (non-hydrogen) atoms. The topological polar surface area (TPSA) is 122 Å². The van der Waals surface area contributed by atoms with Crippen LogP contribution in [0.1, 0.15) is 12.0 Å². The Hall–Kier alpha value is -3.75. The molecule has 0 unspecified atom stereocenters. The van der Waals surface area contributed by atoms with Gasteiger partial charge in [0, 0.05) is 17.1 Å². The molecule has 0 atom stereocenters. The lowest BCUT2D eigenvalue weighted by Gasteiger charge is -2.01. The predicted molar refractivity (Wildman–Crippen MR) is 104 cm³/mol. The zero-order chi connectivity index (χ0) is 19.4. The second kappa shape index (κ2) is 7.65. The van der Waals surface area contributed by atoms with Crippen molar-refractivity contribution < 1.29 is 4.42 Å². The highest BCUT2D eigenvalue weighted by Crippen LogP contribution is 2.25. The van der Waals surface area contributed by atoms with Crippen LogP contribution in [0.4, 0.5) is 0 Å². The first kappa shape index (κ1) is 18.1. The van der Waals surface area contributed by atoms with E-state index in [1.165, 1.54) is 10.8 Å². The minimum Gasteiger partial charge on any atom is -0.422 e. The zero-order valence-corrected chi connectivity index (χ0v) is 14.9. The quantitative estimate of drug-likeness (QED) is 0.315. The number of para-hydroxylation sites is 1. The van der Waals surface area contributed by atoms with E-state index in [1.54, 1.807) is 24.4 Å². The summed E-state index contributed by atoms with van der Waals surface area (Å²) in [6.45, 7) is 0.339. The van der Waals surface area contributed by atoms with Gasteiger partial charge >= 0.3 is 5.63 Å². The van der Waals surface area contributed by atoms with Crippen molar-refractivity contribution in [3.05, 3.63) is 58.1 Å².